The monoisotopic (exact) mass is 265 g/mol. The van der Waals surface area contributed by atoms with Gasteiger partial charge in [-0.3, -0.25) is 4.79 Å². The first-order chi connectivity index (χ1) is 9.56. The number of carbonyl (C=O) groups excluding carboxylic acids is 1. The van der Waals surface area contributed by atoms with E-state index < -0.39 is 0 Å². The van der Waals surface area contributed by atoms with Gasteiger partial charge in [-0.15, -0.1) is 0 Å². The predicted molar refractivity (Wildman–Crippen MR) is 84.2 cm³/mol. The van der Waals surface area contributed by atoms with Gasteiger partial charge in [0, 0.05) is 23.5 Å². The van der Waals surface area contributed by atoms with Crippen LogP contribution in [0.5, 0.6) is 0 Å². The Morgan fingerprint density at radius 3 is 2.30 bits per heavy atom. The molecule has 0 aliphatic rings. The Morgan fingerprint density at radius 1 is 0.950 bits per heavy atom. The molecular weight excluding hydrogens is 246 g/mol. The van der Waals surface area contributed by atoms with Crippen molar-refractivity contribution in [2.45, 2.75) is 20.8 Å². The first-order valence-electron chi connectivity index (χ1n) is 6.67. The number of anilines is 1. The topological polar surface area (TPSA) is 29.1 Å². The molecule has 0 unspecified atom stereocenters. The van der Waals surface area contributed by atoms with Gasteiger partial charge in [0.05, 0.1) is 0 Å². The number of allylic oxidation sites excluding steroid dienone is 1. The molecule has 1 N–H and O–H groups in total. The molecule has 102 valence electrons. The van der Waals surface area contributed by atoms with E-state index in [0.29, 0.717) is 0 Å². The Balaban J connectivity index is 2.01. The van der Waals surface area contributed by atoms with Gasteiger partial charge in [0.25, 0.3) is 0 Å². The van der Waals surface area contributed by atoms with Crippen LogP contribution in [0, 0.1) is 20.8 Å². The van der Waals surface area contributed by atoms with Gasteiger partial charge >= 0.3 is 0 Å². The summed E-state index contributed by atoms with van der Waals surface area (Å²) in [7, 11) is 0. The molecular formula is C18H19NO. The van der Waals surface area contributed by atoms with Crippen molar-refractivity contribution in [1.29, 1.82) is 0 Å². The van der Waals surface area contributed by atoms with Crippen LogP contribution in [0.4, 0.5) is 5.69 Å². The molecule has 0 saturated carbocycles. The summed E-state index contributed by atoms with van der Waals surface area (Å²) in [5.74, 6) is 0.00714. The van der Waals surface area contributed by atoms with Gasteiger partial charge in [-0.05, 0) is 50.1 Å². The zero-order chi connectivity index (χ0) is 14.5. The molecule has 2 aromatic rings. The average Bonchev–Trinajstić information content (AvgIpc) is 2.44. The molecule has 2 rings (SSSR count). The van der Waals surface area contributed by atoms with Crippen LogP contribution < -0.4 is 5.32 Å². The summed E-state index contributed by atoms with van der Waals surface area (Å²) in [6.07, 6.45) is 3.24. The standard InChI is InChI=1S/C18H19NO/c1-13-4-8-17(9-5-13)19-11-10-18(20)16-7-6-14(2)15(3)12-16/h4-12,19H,1-3H3. The van der Waals surface area contributed by atoms with Gasteiger partial charge in [0.2, 0.25) is 0 Å². The molecule has 2 aromatic carbocycles. The van der Waals surface area contributed by atoms with Crippen LogP contribution in [0.1, 0.15) is 27.0 Å². The third-order valence-corrected chi connectivity index (χ3v) is 3.33. The van der Waals surface area contributed by atoms with Crippen LogP contribution in [0.2, 0.25) is 0 Å². The maximum absolute atomic E-state index is 12.0. The van der Waals surface area contributed by atoms with Gasteiger partial charge in [-0.2, -0.15) is 0 Å². The summed E-state index contributed by atoms with van der Waals surface area (Å²) in [4.78, 5) is 12.0. The lowest BCUT2D eigenvalue weighted by molar-refractivity contribution is 0.104. The highest BCUT2D eigenvalue weighted by atomic mass is 16.1. The van der Waals surface area contributed by atoms with Crippen LogP contribution in [-0.2, 0) is 0 Å². The molecule has 0 fully saturated rings. The van der Waals surface area contributed by atoms with E-state index in [0.717, 1.165) is 16.8 Å². The average molecular weight is 265 g/mol. The molecule has 0 heterocycles. The number of aryl methyl sites for hydroxylation is 3. The zero-order valence-corrected chi connectivity index (χ0v) is 12.1. The van der Waals surface area contributed by atoms with Crippen molar-refractivity contribution in [1.82, 2.24) is 0 Å². The second-order valence-corrected chi connectivity index (χ2v) is 5.01. The molecule has 0 amide bonds. The Bertz CT molecular complexity index is 639. The zero-order valence-electron chi connectivity index (χ0n) is 12.1. The third-order valence-electron chi connectivity index (χ3n) is 3.33. The molecule has 0 atom stereocenters. The number of nitrogens with one attached hydrogen (secondary N) is 1. The number of benzene rings is 2. The van der Waals surface area contributed by atoms with E-state index in [1.165, 1.54) is 11.1 Å². The minimum Gasteiger partial charge on any atom is -0.362 e. The van der Waals surface area contributed by atoms with E-state index in [1.807, 2.05) is 63.2 Å². The maximum atomic E-state index is 12.0. The van der Waals surface area contributed by atoms with Crippen LogP contribution in [0.3, 0.4) is 0 Å². The van der Waals surface area contributed by atoms with E-state index in [9.17, 15) is 4.79 Å². The van der Waals surface area contributed by atoms with Crippen LogP contribution in [-0.4, -0.2) is 5.78 Å². The highest BCUT2D eigenvalue weighted by Crippen LogP contribution is 2.11. The van der Waals surface area contributed by atoms with Crippen LogP contribution in [0.15, 0.2) is 54.7 Å². The lowest BCUT2D eigenvalue weighted by Crippen LogP contribution is -1.97. The lowest BCUT2D eigenvalue weighted by atomic mass is 10.0. The molecule has 0 saturated heterocycles. The van der Waals surface area contributed by atoms with Gasteiger partial charge in [-0.25, -0.2) is 0 Å². The summed E-state index contributed by atoms with van der Waals surface area (Å²) >= 11 is 0. The van der Waals surface area contributed by atoms with Crippen molar-refractivity contribution in [3.63, 3.8) is 0 Å². The van der Waals surface area contributed by atoms with Crippen molar-refractivity contribution in [2.24, 2.45) is 0 Å². The summed E-state index contributed by atoms with van der Waals surface area (Å²) in [6, 6.07) is 13.8. The van der Waals surface area contributed by atoms with Gasteiger partial charge < -0.3 is 5.32 Å². The molecule has 2 nitrogen and oxygen atoms in total. The van der Waals surface area contributed by atoms with E-state index in [-0.39, 0.29) is 5.78 Å². The molecule has 2 heteroatoms. The molecule has 0 aromatic heterocycles. The number of rotatable bonds is 4. The molecule has 0 aliphatic heterocycles. The van der Waals surface area contributed by atoms with Crippen molar-refractivity contribution in [3.05, 3.63) is 77.0 Å². The molecule has 0 spiro atoms. The van der Waals surface area contributed by atoms with Crippen molar-refractivity contribution in [2.75, 3.05) is 5.32 Å². The minimum absolute atomic E-state index is 0.00714. The predicted octanol–water partition coefficient (Wildman–Crippen LogP) is 4.42. The Labute approximate surface area is 120 Å². The maximum Gasteiger partial charge on any atom is 0.187 e. The van der Waals surface area contributed by atoms with Gasteiger partial charge in [-0.1, -0.05) is 29.8 Å². The number of hydrogen-bond donors (Lipinski definition) is 1. The second-order valence-electron chi connectivity index (χ2n) is 5.01. The smallest absolute Gasteiger partial charge is 0.187 e. The van der Waals surface area contributed by atoms with Crippen molar-refractivity contribution in [3.8, 4) is 0 Å². The molecule has 0 bridgehead atoms. The molecule has 0 radical (unpaired) electrons. The fourth-order valence-electron chi connectivity index (χ4n) is 1.85. The SMILES string of the molecule is Cc1ccc(NC=CC(=O)c2ccc(C)c(C)c2)cc1. The Morgan fingerprint density at radius 2 is 1.65 bits per heavy atom. The number of ketones is 1. The summed E-state index contributed by atoms with van der Waals surface area (Å²) in [5.41, 5.74) is 5.24. The van der Waals surface area contributed by atoms with E-state index >= 15 is 0 Å². The first-order valence-corrected chi connectivity index (χ1v) is 6.67. The number of hydrogen-bond acceptors (Lipinski definition) is 2. The van der Waals surface area contributed by atoms with Crippen molar-refractivity contribution >= 4 is 11.5 Å². The lowest BCUT2D eigenvalue weighted by Gasteiger charge is -2.03. The van der Waals surface area contributed by atoms with E-state index in [4.69, 9.17) is 0 Å². The quantitative estimate of drug-likeness (QED) is 0.655. The van der Waals surface area contributed by atoms with Crippen LogP contribution in [0.25, 0.3) is 0 Å². The summed E-state index contributed by atoms with van der Waals surface area (Å²) < 4.78 is 0. The van der Waals surface area contributed by atoms with E-state index in [2.05, 4.69) is 5.32 Å². The third kappa shape index (κ3) is 3.58. The number of carbonyl (C=O) groups is 1. The highest BCUT2D eigenvalue weighted by molar-refractivity contribution is 6.04. The fourth-order valence-corrected chi connectivity index (χ4v) is 1.85. The van der Waals surface area contributed by atoms with Crippen molar-refractivity contribution < 1.29 is 4.79 Å². The van der Waals surface area contributed by atoms with Gasteiger partial charge in [0.15, 0.2) is 5.78 Å². The summed E-state index contributed by atoms with van der Waals surface area (Å²) in [5, 5.41) is 3.10. The van der Waals surface area contributed by atoms with Gasteiger partial charge in [0.1, 0.15) is 0 Å². The summed E-state index contributed by atoms with van der Waals surface area (Å²) in [6.45, 7) is 6.10. The Kier molecular flexibility index (Phi) is 4.36. The van der Waals surface area contributed by atoms with Crippen LogP contribution >= 0.6 is 0 Å². The fraction of sp³-hybridized carbons (Fsp3) is 0.167. The van der Waals surface area contributed by atoms with E-state index in [1.54, 1.807) is 12.3 Å². The molecule has 20 heavy (non-hydrogen) atoms. The normalized spacial score (nSPS) is 10.8. The first kappa shape index (κ1) is 14.1. The second kappa shape index (κ2) is 6.20. The minimum atomic E-state index is 0.00714. The highest BCUT2D eigenvalue weighted by Gasteiger charge is 2.02. The largest absolute Gasteiger partial charge is 0.362 e. The molecule has 0 aliphatic carbocycles. The Hall–Kier alpha value is -2.35.